The number of aryl methyl sites for hydroxylation is 1. The Hall–Kier alpha value is -3.70. The lowest BCUT2D eigenvalue weighted by atomic mass is 10.2. The minimum absolute atomic E-state index is 0.0381. The van der Waals surface area contributed by atoms with Crippen molar-refractivity contribution in [2.75, 3.05) is 0 Å². The van der Waals surface area contributed by atoms with Gasteiger partial charge in [0, 0.05) is 12.1 Å². The average Bonchev–Trinajstić information content (AvgIpc) is 3.16. The van der Waals surface area contributed by atoms with Gasteiger partial charge in [0.05, 0.1) is 25.3 Å². The molecule has 0 atom stereocenters. The van der Waals surface area contributed by atoms with E-state index in [9.17, 15) is 20.2 Å². The summed E-state index contributed by atoms with van der Waals surface area (Å²) >= 11 is 2.22. The first-order valence-electron chi connectivity index (χ1n) is 9.29. The molecular formula is C21H15N5O4S2. The zero-order valence-electron chi connectivity index (χ0n) is 16.6. The lowest BCUT2D eigenvalue weighted by Gasteiger charge is -2.10. The lowest BCUT2D eigenvalue weighted by molar-refractivity contribution is -0.387. The van der Waals surface area contributed by atoms with Crippen molar-refractivity contribution < 1.29 is 9.85 Å². The molecular weight excluding hydrogens is 450 g/mol. The van der Waals surface area contributed by atoms with Gasteiger partial charge in [-0.2, -0.15) is 0 Å². The fourth-order valence-corrected chi connectivity index (χ4v) is 4.86. The molecule has 0 aliphatic rings. The van der Waals surface area contributed by atoms with Crippen LogP contribution in [-0.4, -0.2) is 24.6 Å². The zero-order valence-corrected chi connectivity index (χ0v) is 18.2. The van der Waals surface area contributed by atoms with Crippen molar-refractivity contribution in [1.29, 1.82) is 0 Å². The van der Waals surface area contributed by atoms with Gasteiger partial charge >= 0.3 is 0 Å². The van der Waals surface area contributed by atoms with Gasteiger partial charge in [-0.25, -0.2) is 0 Å². The molecule has 0 aliphatic heterocycles. The topological polar surface area (TPSA) is 117 Å². The van der Waals surface area contributed by atoms with Crippen molar-refractivity contribution >= 4 is 34.9 Å². The van der Waals surface area contributed by atoms with Crippen LogP contribution < -0.4 is 0 Å². The van der Waals surface area contributed by atoms with Crippen molar-refractivity contribution in [1.82, 2.24) is 14.8 Å². The van der Waals surface area contributed by atoms with Crippen LogP contribution in [0.1, 0.15) is 5.56 Å². The molecule has 0 amide bonds. The highest BCUT2D eigenvalue weighted by Gasteiger charge is 2.23. The Bertz CT molecular complexity index is 1230. The third-order valence-corrected chi connectivity index (χ3v) is 6.45. The second-order valence-electron chi connectivity index (χ2n) is 6.59. The minimum Gasteiger partial charge on any atom is -0.264 e. The zero-order chi connectivity index (χ0) is 22.7. The quantitative estimate of drug-likeness (QED) is 0.252. The van der Waals surface area contributed by atoms with Crippen LogP contribution in [0.4, 0.5) is 11.4 Å². The summed E-state index contributed by atoms with van der Waals surface area (Å²) in [6.07, 6.45) is 0. The molecule has 0 bridgehead atoms. The fraction of sp³-hybridized carbons (Fsp3) is 0.0476. The van der Waals surface area contributed by atoms with Crippen LogP contribution in [0.25, 0.3) is 5.69 Å². The van der Waals surface area contributed by atoms with E-state index in [-0.39, 0.29) is 11.4 Å². The highest BCUT2D eigenvalue weighted by atomic mass is 32.2. The summed E-state index contributed by atoms with van der Waals surface area (Å²) in [7, 11) is 0. The molecule has 4 aromatic rings. The third kappa shape index (κ3) is 4.48. The van der Waals surface area contributed by atoms with Gasteiger partial charge in [-0.05, 0) is 54.7 Å². The normalized spacial score (nSPS) is 10.8. The second kappa shape index (κ2) is 9.20. The molecule has 9 nitrogen and oxygen atoms in total. The van der Waals surface area contributed by atoms with Gasteiger partial charge < -0.3 is 0 Å². The summed E-state index contributed by atoms with van der Waals surface area (Å²) in [6.45, 7) is 1.96. The molecule has 1 heterocycles. The SMILES string of the molecule is Cc1ccc(-n2c(Sc3ccccc3[N+](=O)[O-])nnc2Sc2ccccc2[N+](=O)[O-])cc1. The second-order valence-corrected chi connectivity index (χ2v) is 8.61. The van der Waals surface area contributed by atoms with Crippen molar-refractivity contribution in [3.05, 3.63) is 98.6 Å². The summed E-state index contributed by atoms with van der Waals surface area (Å²) in [5.74, 6) is 0. The van der Waals surface area contributed by atoms with Gasteiger partial charge in [0.15, 0.2) is 0 Å². The maximum atomic E-state index is 11.4. The number of para-hydroxylation sites is 2. The Morgan fingerprint density at radius 1 is 0.719 bits per heavy atom. The first-order valence-corrected chi connectivity index (χ1v) is 10.9. The Morgan fingerprint density at radius 3 is 1.59 bits per heavy atom. The summed E-state index contributed by atoms with van der Waals surface area (Å²) < 4.78 is 1.74. The molecule has 0 radical (unpaired) electrons. The summed E-state index contributed by atoms with van der Waals surface area (Å²) in [4.78, 5) is 22.8. The first kappa shape index (κ1) is 21.5. The van der Waals surface area contributed by atoms with E-state index in [0.29, 0.717) is 20.1 Å². The number of nitro groups is 2. The van der Waals surface area contributed by atoms with Gasteiger partial charge in [0.1, 0.15) is 0 Å². The van der Waals surface area contributed by atoms with E-state index in [4.69, 9.17) is 0 Å². The molecule has 0 aliphatic carbocycles. The molecule has 3 aromatic carbocycles. The summed E-state index contributed by atoms with van der Waals surface area (Å²) in [5.41, 5.74) is 1.72. The van der Waals surface area contributed by atoms with E-state index in [0.717, 1.165) is 34.8 Å². The molecule has 0 unspecified atom stereocenters. The van der Waals surface area contributed by atoms with Crippen LogP contribution in [0, 0.1) is 27.2 Å². The number of rotatable bonds is 7. The molecule has 1 aromatic heterocycles. The number of nitro benzene ring substituents is 2. The van der Waals surface area contributed by atoms with E-state index < -0.39 is 9.85 Å². The van der Waals surface area contributed by atoms with Crippen LogP contribution in [0.2, 0.25) is 0 Å². The molecule has 32 heavy (non-hydrogen) atoms. The van der Waals surface area contributed by atoms with Gasteiger partial charge in [-0.1, -0.05) is 42.0 Å². The fourth-order valence-electron chi connectivity index (χ4n) is 2.89. The predicted octanol–water partition coefficient (Wildman–Crippen LogP) is 5.69. The molecule has 0 saturated heterocycles. The van der Waals surface area contributed by atoms with Crippen LogP contribution in [0.15, 0.2) is 92.9 Å². The Kier molecular flexibility index (Phi) is 6.19. The molecule has 160 valence electrons. The minimum atomic E-state index is -0.447. The molecule has 0 fully saturated rings. The van der Waals surface area contributed by atoms with Gasteiger partial charge in [0.2, 0.25) is 10.3 Å². The van der Waals surface area contributed by atoms with Crippen LogP contribution in [-0.2, 0) is 0 Å². The number of benzene rings is 3. The van der Waals surface area contributed by atoms with Gasteiger partial charge in [-0.3, -0.25) is 24.8 Å². The van der Waals surface area contributed by atoms with Crippen LogP contribution in [0.3, 0.4) is 0 Å². The van der Waals surface area contributed by atoms with E-state index >= 15 is 0 Å². The largest absolute Gasteiger partial charge is 0.283 e. The predicted molar refractivity (Wildman–Crippen MR) is 121 cm³/mol. The maximum absolute atomic E-state index is 11.4. The average molecular weight is 466 g/mol. The molecule has 11 heteroatoms. The van der Waals surface area contributed by atoms with Crippen molar-refractivity contribution in [3.63, 3.8) is 0 Å². The van der Waals surface area contributed by atoms with Crippen LogP contribution in [0.5, 0.6) is 0 Å². The van der Waals surface area contributed by atoms with Crippen molar-refractivity contribution in [2.45, 2.75) is 27.0 Å². The molecule has 4 rings (SSSR count). The van der Waals surface area contributed by atoms with E-state index in [2.05, 4.69) is 10.2 Å². The van der Waals surface area contributed by atoms with Crippen molar-refractivity contribution in [3.8, 4) is 5.69 Å². The number of hydrogen-bond acceptors (Lipinski definition) is 8. The van der Waals surface area contributed by atoms with Gasteiger partial charge in [-0.15, -0.1) is 10.2 Å². The standard InChI is InChI=1S/C21H15N5O4S2/c1-14-10-12-15(13-11-14)24-20(31-18-8-4-2-6-16(18)25(27)28)22-23-21(24)32-19-9-5-3-7-17(19)26(29)30/h2-13H,1H3. The highest BCUT2D eigenvalue weighted by Crippen LogP contribution is 2.39. The number of nitrogens with zero attached hydrogens (tertiary/aromatic N) is 5. The van der Waals surface area contributed by atoms with Crippen LogP contribution >= 0.6 is 23.5 Å². The van der Waals surface area contributed by atoms with Gasteiger partial charge in [0.25, 0.3) is 11.4 Å². The van der Waals surface area contributed by atoms with E-state index in [1.165, 1.54) is 12.1 Å². The molecule has 0 saturated carbocycles. The van der Waals surface area contributed by atoms with E-state index in [1.54, 1.807) is 41.0 Å². The van der Waals surface area contributed by atoms with E-state index in [1.807, 2.05) is 31.2 Å². The Labute approximate surface area is 190 Å². The first-order chi connectivity index (χ1) is 15.4. The highest BCUT2D eigenvalue weighted by molar-refractivity contribution is 8.00. The third-order valence-electron chi connectivity index (χ3n) is 4.42. The van der Waals surface area contributed by atoms with Crippen molar-refractivity contribution in [2.24, 2.45) is 0 Å². The monoisotopic (exact) mass is 465 g/mol. The summed E-state index contributed by atoms with van der Waals surface area (Å²) in [6, 6.07) is 20.4. The Balaban J connectivity index is 1.81. The Morgan fingerprint density at radius 2 is 1.16 bits per heavy atom. The molecule has 0 spiro atoms. The number of aromatic nitrogens is 3. The number of hydrogen-bond donors (Lipinski definition) is 0. The smallest absolute Gasteiger partial charge is 0.264 e. The molecule has 0 N–H and O–H groups in total. The summed E-state index contributed by atoms with van der Waals surface area (Å²) in [5, 5.41) is 32.2. The lowest BCUT2D eigenvalue weighted by Crippen LogP contribution is -2.00. The maximum Gasteiger partial charge on any atom is 0.283 e.